The molecule has 3 aromatic rings. The molecule has 0 saturated carbocycles. The van der Waals surface area contributed by atoms with E-state index in [4.69, 9.17) is 0 Å². The van der Waals surface area contributed by atoms with Gasteiger partial charge in [-0.3, -0.25) is 4.68 Å². The third kappa shape index (κ3) is 2.80. The summed E-state index contributed by atoms with van der Waals surface area (Å²) in [6, 6.07) is 6.41. The molecule has 0 saturated heterocycles. The molecule has 0 aliphatic carbocycles. The fraction of sp³-hybridized carbons (Fsp3) is 0.250. The van der Waals surface area contributed by atoms with E-state index in [2.05, 4.69) is 10.1 Å². The van der Waals surface area contributed by atoms with Crippen LogP contribution in [0, 0.1) is 5.82 Å². The summed E-state index contributed by atoms with van der Waals surface area (Å²) in [5.74, 6) is -0.358. The smallest absolute Gasteiger partial charge is 0.123 e. The molecule has 1 N–H and O–H groups in total. The lowest BCUT2D eigenvalue weighted by Crippen LogP contribution is -2.01. The average Bonchev–Trinajstić information content (AvgIpc) is 3.09. The molecule has 0 aliphatic rings. The van der Waals surface area contributed by atoms with Crippen molar-refractivity contribution in [2.24, 2.45) is 7.05 Å². The predicted octanol–water partition coefficient (Wildman–Crippen LogP) is 3.33. The highest BCUT2D eigenvalue weighted by molar-refractivity contribution is 7.10. The van der Waals surface area contributed by atoms with Crippen LogP contribution in [0.15, 0.2) is 36.0 Å². The van der Waals surface area contributed by atoms with E-state index in [0.29, 0.717) is 12.0 Å². The van der Waals surface area contributed by atoms with Gasteiger partial charge >= 0.3 is 0 Å². The van der Waals surface area contributed by atoms with Crippen LogP contribution in [0.2, 0.25) is 0 Å². The zero-order valence-corrected chi connectivity index (χ0v) is 13.1. The van der Waals surface area contributed by atoms with E-state index in [-0.39, 0.29) is 5.82 Å². The molecule has 2 aromatic heterocycles. The number of rotatable bonds is 4. The number of aliphatic hydroxyl groups excluding tert-OH is 1. The highest BCUT2D eigenvalue weighted by Crippen LogP contribution is 2.33. The Balaban J connectivity index is 2.04. The van der Waals surface area contributed by atoms with Crippen LogP contribution in [0.3, 0.4) is 0 Å². The first-order valence-corrected chi connectivity index (χ1v) is 7.81. The van der Waals surface area contributed by atoms with Gasteiger partial charge in [0.1, 0.15) is 5.82 Å². The van der Waals surface area contributed by atoms with Crippen molar-refractivity contribution >= 4 is 11.3 Å². The van der Waals surface area contributed by atoms with Gasteiger partial charge in [0.25, 0.3) is 0 Å². The van der Waals surface area contributed by atoms with Crippen LogP contribution < -0.4 is 0 Å². The third-order valence-electron chi connectivity index (χ3n) is 3.62. The Morgan fingerprint density at radius 2 is 2.18 bits per heavy atom. The van der Waals surface area contributed by atoms with Crippen molar-refractivity contribution in [3.8, 4) is 11.3 Å². The van der Waals surface area contributed by atoms with Gasteiger partial charge < -0.3 is 5.11 Å². The minimum Gasteiger partial charge on any atom is -0.389 e. The van der Waals surface area contributed by atoms with Gasteiger partial charge in [-0.15, -0.1) is 11.3 Å². The SMILES string of the molecule is C[C@@H](O)c1cc(F)ccc1-c1ncsc1Cc1ccnn1C. The second-order valence-electron chi connectivity index (χ2n) is 5.15. The molecule has 2 heterocycles. The number of nitrogens with zero attached hydrogens (tertiary/aromatic N) is 3. The average molecular weight is 317 g/mol. The number of aliphatic hydroxyl groups is 1. The van der Waals surface area contributed by atoms with E-state index >= 15 is 0 Å². The summed E-state index contributed by atoms with van der Waals surface area (Å²) in [6.45, 7) is 1.63. The van der Waals surface area contributed by atoms with Gasteiger partial charge in [0.05, 0.1) is 17.3 Å². The highest BCUT2D eigenvalue weighted by Gasteiger charge is 2.17. The van der Waals surface area contributed by atoms with Crippen molar-refractivity contribution < 1.29 is 9.50 Å². The Labute approximate surface area is 131 Å². The van der Waals surface area contributed by atoms with E-state index in [1.54, 1.807) is 36.0 Å². The lowest BCUT2D eigenvalue weighted by atomic mass is 9.99. The van der Waals surface area contributed by atoms with Gasteiger partial charge in [-0.25, -0.2) is 9.37 Å². The first-order chi connectivity index (χ1) is 10.6. The molecule has 6 heteroatoms. The number of hydrogen-bond donors (Lipinski definition) is 1. The van der Waals surface area contributed by atoms with Gasteiger partial charge in [-0.05, 0) is 36.8 Å². The molecule has 22 heavy (non-hydrogen) atoms. The first kappa shape index (κ1) is 14.9. The minimum atomic E-state index is -0.753. The summed E-state index contributed by atoms with van der Waals surface area (Å²) in [6.07, 6.45) is 1.71. The minimum absolute atomic E-state index is 0.358. The molecule has 3 rings (SSSR count). The lowest BCUT2D eigenvalue weighted by Gasteiger charge is -2.12. The maximum Gasteiger partial charge on any atom is 0.123 e. The molecule has 0 unspecified atom stereocenters. The second kappa shape index (κ2) is 5.98. The maximum absolute atomic E-state index is 13.5. The Hall–Kier alpha value is -2.05. The fourth-order valence-electron chi connectivity index (χ4n) is 2.45. The quantitative estimate of drug-likeness (QED) is 0.803. The van der Waals surface area contributed by atoms with Crippen molar-refractivity contribution in [2.75, 3.05) is 0 Å². The van der Waals surface area contributed by atoms with Gasteiger partial charge in [0, 0.05) is 35.8 Å². The molecule has 1 atom stereocenters. The summed E-state index contributed by atoms with van der Waals surface area (Å²) < 4.78 is 15.3. The van der Waals surface area contributed by atoms with Crippen LogP contribution in [-0.2, 0) is 13.5 Å². The number of hydrogen-bond acceptors (Lipinski definition) is 4. The summed E-state index contributed by atoms with van der Waals surface area (Å²) in [5, 5.41) is 14.1. The molecule has 0 spiro atoms. The van der Waals surface area contributed by atoms with Crippen LogP contribution in [0.25, 0.3) is 11.3 Å². The van der Waals surface area contributed by atoms with Crippen molar-refractivity contribution in [1.82, 2.24) is 14.8 Å². The molecule has 0 bridgehead atoms. The Morgan fingerprint density at radius 3 is 2.86 bits per heavy atom. The van der Waals surface area contributed by atoms with E-state index in [0.717, 1.165) is 21.8 Å². The molecule has 1 aromatic carbocycles. The first-order valence-electron chi connectivity index (χ1n) is 6.93. The summed E-state index contributed by atoms with van der Waals surface area (Å²) in [4.78, 5) is 5.49. The molecule has 0 fully saturated rings. The summed E-state index contributed by atoms with van der Waals surface area (Å²) >= 11 is 1.55. The van der Waals surface area contributed by atoms with E-state index in [9.17, 15) is 9.50 Å². The Bertz CT molecular complexity index is 794. The molecule has 0 radical (unpaired) electrons. The van der Waals surface area contributed by atoms with Crippen molar-refractivity contribution in [3.05, 3.63) is 57.9 Å². The highest BCUT2D eigenvalue weighted by atomic mass is 32.1. The topological polar surface area (TPSA) is 50.9 Å². The molecule has 0 amide bonds. The number of halogens is 1. The maximum atomic E-state index is 13.5. The Kier molecular flexibility index (Phi) is 4.04. The zero-order chi connectivity index (χ0) is 15.7. The monoisotopic (exact) mass is 317 g/mol. The van der Waals surface area contributed by atoms with Crippen LogP contribution in [-0.4, -0.2) is 19.9 Å². The fourth-order valence-corrected chi connectivity index (χ4v) is 3.24. The third-order valence-corrected chi connectivity index (χ3v) is 4.46. The van der Waals surface area contributed by atoms with Crippen molar-refractivity contribution in [1.29, 1.82) is 0 Å². The van der Waals surface area contributed by atoms with Gasteiger partial charge in [-0.2, -0.15) is 5.10 Å². The van der Waals surface area contributed by atoms with Gasteiger partial charge in [0.2, 0.25) is 0 Å². The largest absolute Gasteiger partial charge is 0.389 e. The summed E-state index contributed by atoms with van der Waals surface area (Å²) in [7, 11) is 1.90. The van der Waals surface area contributed by atoms with Crippen LogP contribution in [0.4, 0.5) is 4.39 Å². The standard InChI is InChI=1S/C16H16FN3OS/c1-10(21)14-7-11(17)3-4-13(14)16-15(22-9-18-16)8-12-5-6-19-20(12)2/h3-7,9-10,21H,8H2,1-2H3/t10-/m1/s1. The van der Waals surface area contributed by atoms with Crippen LogP contribution >= 0.6 is 11.3 Å². The van der Waals surface area contributed by atoms with Crippen LogP contribution in [0.1, 0.15) is 29.2 Å². The van der Waals surface area contributed by atoms with Crippen LogP contribution in [0.5, 0.6) is 0 Å². The summed E-state index contributed by atoms with van der Waals surface area (Å²) in [5.41, 5.74) is 4.97. The molecular weight excluding hydrogens is 301 g/mol. The molecule has 4 nitrogen and oxygen atoms in total. The molecule has 114 valence electrons. The number of aromatic nitrogens is 3. The van der Waals surface area contributed by atoms with E-state index in [1.807, 2.05) is 17.8 Å². The predicted molar refractivity (Wildman–Crippen MR) is 84.2 cm³/mol. The second-order valence-corrected chi connectivity index (χ2v) is 6.09. The van der Waals surface area contributed by atoms with Crippen molar-refractivity contribution in [2.45, 2.75) is 19.4 Å². The number of thiazole rings is 1. The number of aryl methyl sites for hydroxylation is 1. The van der Waals surface area contributed by atoms with Gasteiger partial charge in [0.15, 0.2) is 0 Å². The zero-order valence-electron chi connectivity index (χ0n) is 12.3. The van der Waals surface area contributed by atoms with Gasteiger partial charge in [-0.1, -0.05) is 0 Å². The van der Waals surface area contributed by atoms with Crippen molar-refractivity contribution in [3.63, 3.8) is 0 Å². The lowest BCUT2D eigenvalue weighted by molar-refractivity contribution is 0.199. The molecular formula is C16H16FN3OS. The van der Waals surface area contributed by atoms with E-state index in [1.165, 1.54) is 12.1 Å². The van der Waals surface area contributed by atoms with E-state index < -0.39 is 6.10 Å². The molecule has 0 aliphatic heterocycles. The normalized spacial score (nSPS) is 12.5. The number of benzene rings is 1. The Morgan fingerprint density at radius 1 is 1.36 bits per heavy atom.